The second kappa shape index (κ2) is 3.49. The van der Waals surface area contributed by atoms with Crippen molar-refractivity contribution in [2.45, 2.75) is 6.54 Å². The maximum absolute atomic E-state index is 6.03. The molecule has 3 rings (SSSR count). The summed E-state index contributed by atoms with van der Waals surface area (Å²) in [6.45, 7) is 0.885. The van der Waals surface area contributed by atoms with E-state index >= 15 is 0 Å². The van der Waals surface area contributed by atoms with E-state index in [1.165, 1.54) is 22.4 Å². The van der Waals surface area contributed by atoms with Gasteiger partial charge in [-0.1, -0.05) is 17.7 Å². The number of pyridine rings is 1. The van der Waals surface area contributed by atoms with Gasteiger partial charge in [0.15, 0.2) is 0 Å². The second-order valence-electron chi connectivity index (χ2n) is 4.05. The summed E-state index contributed by atoms with van der Waals surface area (Å²) >= 11 is 6.03. The van der Waals surface area contributed by atoms with Crippen molar-refractivity contribution < 1.29 is 0 Å². The molecule has 16 heavy (non-hydrogen) atoms. The van der Waals surface area contributed by atoms with Crippen molar-refractivity contribution in [2.75, 3.05) is 11.9 Å². The van der Waals surface area contributed by atoms with Gasteiger partial charge < -0.3 is 4.90 Å². The SMILES string of the molecule is CN1Cc2cnccc2-c2ccc(Cl)cc21. The predicted octanol–water partition coefficient (Wildman–Crippen LogP) is 3.35. The number of aromatic nitrogens is 1. The van der Waals surface area contributed by atoms with Crippen molar-refractivity contribution in [1.82, 2.24) is 4.98 Å². The first-order valence-electron chi connectivity index (χ1n) is 5.19. The van der Waals surface area contributed by atoms with Crippen molar-refractivity contribution in [3.8, 4) is 11.1 Å². The summed E-state index contributed by atoms with van der Waals surface area (Å²) in [5.41, 5.74) is 4.95. The molecule has 2 heterocycles. The highest BCUT2D eigenvalue weighted by Crippen LogP contribution is 2.39. The molecule has 0 saturated carbocycles. The number of benzene rings is 1. The van der Waals surface area contributed by atoms with Gasteiger partial charge in [0, 0.05) is 42.3 Å². The van der Waals surface area contributed by atoms with Gasteiger partial charge in [0.2, 0.25) is 0 Å². The number of halogens is 1. The van der Waals surface area contributed by atoms with Gasteiger partial charge >= 0.3 is 0 Å². The van der Waals surface area contributed by atoms with E-state index < -0.39 is 0 Å². The minimum Gasteiger partial charge on any atom is -0.370 e. The van der Waals surface area contributed by atoms with Crippen molar-refractivity contribution in [1.29, 1.82) is 0 Å². The van der Waals surface area contributed by atoms with Gasteiger partial charge in [-0.3, -0.25) is 4.98 Å². The van der Waals surface area contributed by atoms with Crippen LogP contribution in [0.3, 0.4) is 0 Å². The molecule has 3 heteroatoms. The predicted molar refractivity (Wildman–Crippen MR) is 66.8 cm³/mol. The number of anilines is 1. The van der Waals surface area contributed by atoms with Crippen LogP contribution in [-0.4, -0.2) is 12.0 Å². The van der Waals surface area contributed by atoms with Gasteiger partial charge in [-0.25, -0.2) is 0 Å². The molecule has 0 N–H and O–H groups in total. The number of hydrogen-bond acceptors (Lipinski definition) is 2. The average molecular weight is 231 g/mol. The van der Waals surface area contributed by atoms with Crippen molar-refractivity contribution in [3.63, 3.8) is 0 Å². The first-order chi connectivity index (χ1) is 7.75. The maximum Gasteiger partial charge on any atom is 0.0461 e. The summed E-state index contributed by atoms with van der Waals surface area (Å²) < 4.78 is 0. The number of nitrogens with zero attached hydrogens (tertiary/aromatic N) is 2. The third-order valence-corrected chi connectivity index (χ3v) is 3.21. The Bertz CT molecular complexity index is 551. The van der Waals surface area contributed by atoms with Crippen LogP contribution in [0.5, 0.6) is 0 Å². The summed E-state index contributed by atoms with van der Waals surface area (Å²) in [7, 11) is 2.07. The second-order valence-corrected chi connectivity index (χ2v) is 4.49. The van der Waals surface area contributed by atoms with E-state index in [9.17, 15) is 0 Å². The Morgan fingerprint density at radius 2 is 2.12 bits per heavy atom. The zero-order valence-electron chi connectivity index (χ0n) is 8.94. The third kappa shape index (κ3) is 1.38. The molecule has 0 atom stereocenters. The van der Waals surface area contributed by atoms with Gasteiger partial charge in [-0.15, -0.1) is 0 Å². The molecule has 1 aromatic carbocycles. The van der Waals surface area contributed by atoms with Crippen molar-refractivity contribution in [2.24, 2.45) is 0 Å². The lowest BCUT2D eigenvalue weighted by Gasteiger charge is -2.29. The topological polar surface area (TPSA) is 16.1 Å². The Kier molecular flexibility index (Phi) is 2.11. The molecule has 1 aliphatic rings. The van der Waals surface area contributed by atoms with Gasteiger partial charge in [0.05, 0.1) is 0 Å². The average Bonchev–Trinajstić information content (AvgIpc) is 2.29. The molecule has 2 nitrogen and oxygen atoms in total. The van der Waals surface area contributed by atoms with E-state index in [0.29, 0.717) is 0 Å². The first-order valence-corrected chi connectivity index (χ1v) is 5.57. The molecule has 0 radical (unpaired) electrons. The molecule has 0 amide bonds. The lowest BCUT2D eigenvalue weighted by Crippen LogP contribution is -2.21. The third-order valence-electron chi connectivity index (χ3n) is 2.97. The summed E-state index contributed by atoms with van der Waals surface area (Å²) in [6, 6.07) is 8.09. The Hall–Kier alpha value is -1.54. The van der Waals surface area contributed by atoms with Crippen molar-refractivity contribution in [3.05, 3.63) is 47.2 Å². The molecule has 0 spiro atoms. The van der Waals surface area contributed by atoms with Crippen LogP contribution in [0.15, 0.2) is 36.7 Å². The number of rotatable bonds is 0. The summed E-state index contributed by atoms with van der Waals surface area (Å²) in [4.78, 5) is 6.37. The van der Waals surface area contributed by atoms with Crippen LogP contribution in [0.1, 0.15) is 5.56 Å². The van der Waals surface area contributed by atoms with E-state index in [2.05, 4.69) is 29.1 Å². The monoisotopic (exact) mass is 230 g/mol. The minimum absolute atomic E-state index is 0.781. The molecule has 2 aromatic rings. The first kappa shape index (κ1) is 9.67. The zero-order chi connectivity index (χ0) is 11.1. The fourth-order valence-corrected chi connectivity index (χ4v) is 2.37. The zero-order valence-corrected chi connectivity index (χ0v) is 9.70. The van der Waals surface area contributed by atoms with Crippen LogP contribution in [0.4, 0.5) is 5.69 Å². The van der Waals surface area contributed by atoms with E-state index in [0.717, 1.165) is 11.6 Å². The quantitative estimate of drug-likeness (QED) is 0.690. The highest BCUT2D eigenvalue weighted by atomic mass is 35.5. The molecule has 0 unspecified atom stereocenters. The molecule has 0 aliphatic carbocycles. The molecule has 0 fully saturated rings. The standard InChI is InChI=1S/C13H11ClN2/c1-16-8-9-7-15-5-4-11(9)12-3-2-10(14)6-13(12)16/h2-7H,8H2,1H3. The summed E-state index contributed by atoms with van der Waals surface area (Å²) in [5, 5.41) is 0.781. The maximum atomic E-state index is 6.03. The van der Waals surface area contributed by atoms with Gasteiger partial charge in [-0.2, -0.15) is 0 Å². The highest BCUT2D eigenvalue weighted by molar-refractivity contribution is 6.31. The van der Waals surface area contributed by atoms with Gasteiger partial charge in [0.1, 0.15) is 0 Å². The Morgan fingerprint density at radius 3 is 3.00 bits per heavy atom. The lowest BCUT2D eigenvalue weighted by molar-refractivity contribution is 0.903. The minimum atomic E-state index is 0.781. The van der Waals surface area contributed by atoms with Gasteiger partial charge in [-0.05, 0) is 29.3 Å². The molecule has 1 aliphatic heterocycles. The van der Waals surface area contributed by atoms with Crippen LogP contribution >= 0.6 is 11.6 Å². The summed E-state index contributed by atoms with van der Waals surface area (Å²) in [6.07, 6.45) is 3.77. The fourth-order valence-electron chi connectivity index (χ4n) is 2.20. The van der Waals surface area contributed by atoms with Crippen LogP contribution in [-0.2, 0) is 6.54 Å². The molecular weight excluding hydrogens is 220 g/mol. The molecule has 1 aromatic heterocycles. The molecular formula is C13H11ClN2. The van der Waals surface area contributed by atoms with E-state index in [1.807, 2.05) is 24.5 Å². The normalized spacial score (nSPS) is 13.2. The largest absolute Gasteiger partial charge is 0.370 e. The van der Waals surface area contributed by atoms with Crippen molar-refractivity contribution >= 4 is 17.3 Å². The fraction of sp³-hybridized carbons (Fsp3) is 0.154. The highest BCUT2D eigenvalue weighted by Gasteiger charge is 2.19. The molecule has 80 valence electrons. The van der Waals surface area contributed by atoms with Gasteiger partial charge in [0.25, 0.3) is 0 Å². The van der Waals surface area contributed by atoms with E-state index in [4.69, 9.17) is 11.6 Å². The smallest absolute Gasteiger partial charge is 0.0461 e. The Morgan fingerprint density at radius 1 is 1.25 bits per heavy atom. The van der Waals surface area contributed by atoms with Crippen LogP contribution in [0.25, 0.3) is 11.1 Å². The Labute approximate surface area is 99.5 Å². The van der Waals surface area contributed by atoms with Crippen LogP contribution in [0.2, 0.25) is 5.02 Å². The Balaban J connectivity index is 2.28. The van der Waals surface area contributed by atoms with E-state index in [1.54, 1.807) is 0 Å². The van der Waals surface area contributed by atoms with Crippen LogP contribution in [0, 0.1) is 0 Å². The molecule has 0 saturated heterocycles. The number of fused-ring (bicyclic) bond motifs is 3. The lowest BCUT2D eigenvalue weighted by atomic mass is 9.95. The van der Waals surface area contributed by atoms with Crippen LogP contribution < -0.4 is 4.90 Å². The summed E-state index contributed by atoms with van der Waals surface area (Å²) in [5.74, 6) is 0. The molecule has 0 bridgehead atoms. The number of hydrogen-bond donors (Lipinski definition) is 0. The van der Waals surface area contributed by atoms with E-state index in [-0.39, 0.29) is 0 Å².